The Bertz CT molecular complexity index is 173. The maximum Gasteiger partial charge on any atom is 0.0204 e. The molecule has 90 valence electrons. The van der Waals surface area contributed by atoms with Crippen LogP contribution < -0.4 is 5.32 Å². The second-order valence-corrected chi connectivity index (χ2v) is 6.37. The minimum Gasteiger partial charge on any atom is -0.316 e. The van der Waals surface area contributed by atoms with Gasteiger partial charge in [-0.05, 0) is 46.3 Å². The fraction of sp³-hybridized carbons (Fsp3) is 1.00. The summed E-state index contributed by atoms with van der Waals surface area (Å²) in [7, 11) is 6.42. The molecule has 3 heteroatoms. The van der Waals surface area contributed by atoms with Crippen molar-refractivity contribution in [2.24, 2.45) is 5.92 Å². The average Bonchev–Trinajstić information content (AvgIpc) is 2.17. The third-order valence-electron chi connectivity index (χ3n) is 3.30. The van der Waals surface area contributed by atoms with E-state index in [0.29, 0.717) is 0 Å². The maximum absolute atomic E-state index is 3.48. The van der Waals surface area contributed by atoms with Gasteiger partial charge >= 0.3 is 0 Å². The van der Waals surface area contributed by atoms with Crippen molar-refractivity contribution in [1.29, 1.82) is 0 Å². The number of hydrogen-bond donors (Lipinski definition) is 1. The van der Waals surface area contributed by atoms with Crippen LogP contribution in [0.15, 0.2) is 0 Å². The second-order valence-electron chi connectivity index (χ2n) is 5.03. The molecule has 2 nitrogen and oxygen atoms in total. The van der Waals surface area contributed by atoms with E-state index in [0.717, 1.165) is 17.2 Å². The maximum atomic E-state index is 3.48. The van der Waals surface area contributed by atoms with E-state index in [-0.39, 0.29) is 0 Å². The molecule has 1 saturated carbocycles. The Labute approximate surface area is 99.2 Å². The number of rotatable bonds is 5. The molecule has 0 aromatic heterocycles. The summed E-state index contributed by atoms with van der Waals surface area (Å²) in [4.78, 5) is 2.27. The molecule has 0 heterocycles. The molecule has 0 bridgehead atoms. The summed E-state index contributed by atoms with van der Waals surface area (Å²) >= 11 is 2.16. The zero-order valence-corrected chi connectivity index (χ0v) is 11.4. The highest BCUT2D eigenvalue weighted by atomic mass is 32.2. The third-order valence-corrected chi connectivity index (χ3v) is 4.66. The van der Waals surface area contributed by atoms with Crippen molar-refractivity contribution in [3.63, 3.8) is 0 Å². The lowest BCUT2D eigenvalue weighted by atomic mass is 9.87. The van der Waals surface area contributed by atoms with Gasteiger partial charge < -0.3 is 10.2 Å². The first-order valence-corrected chi connectivity index (χ1v) is 7.12. The van der Waals surface area contributed by atoms with E-state index in [9.17, 15) is 0 Å². The molecule has 0 radical (unpaired) electrons. The average molecular weight is 230 g/mol. The SMILES string of the molecule is CNC1CCC(C)CC1SCCN(C)C. The summed E-state index contributed by atoms with van der Waals surface area (Å²) in [6.45, 7) is 3.59. The van der Waals surface area contributed by atoms with Crippen LogP contribution >= 0.6 is 11.8 Å². The Balaban J connectivity index is 2.28. The molecule has 0 aliphatic heterocycles. The van der Waals surface area contributed by atoms with Gasteiger partial charge in [0.15, 0.2) is 0 Å². The molecular weight excluding hydrogens is 204 g/mol. The molecule has 1 rings (SSSR count). The Morgan fingerprint density at radius 3 is 2.67 bits per heavy atom. The van der Waals surface area contributed by atoms with Crippen molar-refractivity contribution < 1.29 is 0 Å². The van der Waals surface area contributed by atoms with Gasteiger partial charge in [0.2, 0.25) is 0 Å². The highest BCUT2D eigenvalue weighted by Gasteiger charge is 2.27. The van der Waals surface area contributed by atoms with E-state index in [1.165, 1.54) is 31.6 Å². The van der Waals surface area contributed by atoms with Crippen molar-refractivity contribution in [3.05, 3.63) is 0 Å². The monoisotopic (exact) mass is 230 g/mol. The predicted octanol–water partition coefficient (Wildman–Crippen LogP) is 2.06. The van der Waals surface area contributed by atoms with Gasteiger partial charge in [0.25, 0.3) is 0 Å². The molecular formula is C12H26N2S. The summed E-state index contributed by atoms with van der Waals surface area (Å²) in [5.74, 6) is 2.19. The lowest BCUT2D eigenvalue weighted by Gasteiger charge is -2.34. The topological polar surface area (TPSA) is 15.3 Å². The summed E-state index contributed by atoms with van der Waals surface area (Å²) in [6.07, 6.45) is 4.15. The van der Waals surface area contributed by atoms with E-state index in [1.807, 2.05) is 0 Å². The molecule has 1 aliphatic carbocycles. The first kappa shape index (κ1) is 13.3. The number of hydrogen-bond acceptors (Lipinski definition) is 3. The molecule has 0 aromatic carbocycles. The first-order valence-electron chi connectivity index (χ1n) is 6.07. The number of nitrogens with one attached hydrogen (secondary N) is 1. The zero-order chi connectivity index (χ0) is 11.3. The van der Waals surface area contributed by atoms with Gasteiger partial charge in [0.1, 0.15) is 0 Å². The molecule has 3 unspecified atom stereocenters. The van der Waals surface area contributed by atoms with Crippen LogP contribution in [0.5, 0.6) is 0 Å². The van der Waals surface area contributed by atoms with Gasteiger partial charge in [0, 0.05) is 23.6 Å². The Morgan fingerprint density at radius 1 is 1.33 bits per heavy atom. The largest absolute Gasteiger partial charge is 0.316 e. The summed E-state index contributed by atoms with van der Waals surface area (Å²) in [6, 6.07) is 0.744. The molecule has 15 heavy (non-hydrogen) atoms. The smallest absolute Gasteiger partial charge is 0.0204 e. The first-order chi connectivity index (χ1) is 7.13. The standard InChI is InChI=1S/C12H26N2S/c1-10-5-6-11(13-2)12(9-10)15-8-7-14(3)4/h10-13H,5-9H2,1-4H3. The van der Waals surface area contributed by atoms with Crippen molar-refractivity contribution in [2.45, 2.75) is 37.5 Å². The van der Waals surface area contributed by atoms with Crippen molar-refractivity contribution in [3.8, 4) is 0 Å². The molecule has 0 amide bonds. The van der Waals surface area contributed by atoms with Crippen LogP contribution in [-0.2, 0) is 0 Å². The highest BCUT2D eigenvalue weighted by molar-refractivity contribution is 8.00. The van der Waals surface area contributed by atoms with E-state index in [1.54, 1.807) is 0 Å². The van der Waals surface area contributed by atoms with E-state index >= 15 is 0 Å². The van der Waals surface area contributed by atoms with Crippen LogP contribution in [0.3, 0.4) is 0 Å². The molecule has 0 spiro atoms. The third kappa shape index (κ3) is 4.75. The minimum absolute atomic E-state index is 0.744. The Kier molecular flexibility index (Phi) is 6.02. The lowest BCUT2D eigenvalue weighted by Crippen LogP contribution is -2.40. The van der Waals surface area contributed by atoms with E-state index in [2.05, 4.69) is 50.0 Å². The minimum atomic E-state index is 0.744. The van der Waals surface area contributed by atoms with Crippen molar-refractivity contribution in [1.82, 2.24) is 10.2 Å². The normalized spacial score (nSPS) is 32.2. The van der Waals surface area contributed by atoms with Crippen LogP contribution in [0.4, 0.5) is 0 Å². The Morgan fingerprint density at radius 2 is 2.07 bits per heavy atom. The van der Waals surface area contributed by atoms with Gasteiger partial charge in [-0.15, -0.1) is 0 Å². The van der Waals surface area contributed by atoms with E-state index < -0.39 is 0 Å². The van der Waals surface area contributed by atoms with Gasteiger partial charge in [-0.1, -0.05) is 6.92 Å². The molecule has 1 aliphatic rings. The fourth-order valence-corrected chi connectivity index (χ4v) is 3.97. The molecule has 3 atom stereocenters. The lowest BCUT2D eigenvalue weighted by molar-refractivity contribution is 0.328. The molecule has 1 fully saturated rings. The van der Waals surface area contributed by atoms with Gasteiger partial charge in [-0.2, -0.15) is 11.8 Å². The van der Waals surface area contributed by atoms with Crippen LogP contribution in [0.1, 0.15) is 26.2 Å². The van der Waals surface area contributed by atoms with Crippen LogP contribution in [-0.4, -0.2) is 49.6 Å². The van der Waals surface area contributed by atoms with Gasteiger partial charge in [-0.3, -0.25) is 0 Å². The zero-order valence-electron chi connectivity index (χ0n) is 10.6. The van der Waals surface area contributed by atoms with E-state index in [4.69, 9.17) is 0 Å². The van der Waals surface area contributed by atoms with Crippen molar-refractivity contribution >= 4 is 11.8 Å². The summed E-state index contributed by atoms with van der Waals surface area (Å²) < 4.78 is 0. The summed E-state index contributed by atoms with van der Waals surface area (Å²) in [5.41, 5.74) is 0. The quantitative estimate of drug-likeness (QED) is 0.778. The highest BCUT2D eigenvalue weighted by Crippen LogP contribution is 2.32. The molecule has 0 saturated heterocycles. The second kappa shape index (κ2) is 6.77. The fourth-order valence-electron chi connectivity index (χ4n) is 2.23. The van der Waals surface area contributed by atoms with Crippen LogP contribution in [0, 0.1) is 5.92 Å². The van der Waals surface area contributed by atoms with Gasteiger partial charge in [-0.25, -0.2) is 0 Å². The summed E-state index contributed by atoms with van der Waals surface area (Å²) in [5, 5.41) is 4.31. The van der Waals surface area contributed by atoms with Crippen LogP contribution in [0.25, 0.3) is 0 Å². The van der Waals surface area contributed by atoms with Crippen molar-refractivity contribution in [2.75, 3.05) is 33.4 Å². The number of thioether (sulfide) groups is 1. The predicted molar refractivity (Wildman–Crippen MR) is 70.7 cm³/mol. The van der Waals surface area contributed by atoms with Gasteiger partial charge in [0.05, 0.1) is 0 Å². The number of nitrogens with zero attached hydrogens (tertiary/aromatic N) is 1. The molecule has 1 N–H and O–H groups in total. The Hall–Kier alpha value is 0.270. The molecule has 0 aromatic rings. The van der Waals surface area contributed by atoms with Crippen LogP contribution in [0.2, 0.25) is 0 Å².